The van der Waals surface area contributed by atoms with Gasteiger partial charge in [0.2, 0.25) is 5.91 Å². The summed E-state index contributed by atoms with van der Waals surface area (Å²) in [4.78, 5) is 17.1. The molecular formula is C19H22ClN3OS. The molecule has 2 unspecified atom stereocenters. The maximum Gasteiger partial charge on any atom is 0.237 e. The predicted octanol–water partition coefficient (Wildman–Crippen LogP) is 4.00. The lowest BCUT2D eigenvalue weighted by Gasteiger charge is -2.24. The molecule has 2 aliphatic rings. The normalized spacial score (nSPS) is 25.6. The zero-order valence-corrected chi connectivity index (χ0v) is 15.6. The molecule has 1 aromatic carbocycles. The van der Waals surface area contributed by atoms with Gasteiger partial charge in [-0.05, 0) is 25.2 Å². The van der Waals surface area contributed by atoms with E-state index >= 15 is 0 Å². The first-order valence-electron chi connectivity index (χ1n) is 8.95. The number of amides is 1. The van der Waals surface area contributed by atoms with Gasteiger partial charge in [-0.1, -0.05) is 54.8 Å². The highest BCUT2D eigenvalue weighted by atomic mass is 35.5. The topological polar surface area (TPSA) is 54.0 Å². The number of aromatic nitrogens is 1. The van der Waals surface area contributed by atoms with E-state index in [2.05, 4.69) is 15.6 Å². The summed E-state index contributed by atoms with van der Waals surface area (Å²) in [6, 6.07) is 10.4. The standard InChI is InChI=1S/C19H22ClN3OS/c20-17-16(23-19(25-17)12-6-2-1-3-7-12)11-21-18(24)15-10-13-8-4-5-9-14(13)22-15/h1-3,6-7,13-15,22H,4-5,8-11H2,(H,21,24)/t13?,14-,15?/m0/s1. The Morgan fingerprint density at radius 1 is 1.28 bits per heavy atom. The zero-order chi connectivity index (χ0) is 17.2. The number of fused-ring (bicyclic) bond motifs is 1. The van der Waals surface area contributed by atoms with Crippen molar-refractivity contribution in [3.05, 3.63) is 40.4 Å². The number of carbonyl (C=O) groups is 1. The molecule has 3 atom stereocenters. The van der Waals surface area contributed by atoms with Gasteiger partial charge in [0.05, 0.1) is 18.3 Å². The van der Waals surface area contributed by atoms with E-state index in [0.29, 0.717) is 22.8 Å². The fraction of sp³-hybridized carbons (Fsp3) is 0.474. The number of halogens is 1. The molecule has 4 rings (SSSR count). The van der Waals surface area contributed by atoms with Crippen LogP contribution in [0.1, 0.15) is 37.8 Å². The minimum Gasteiger partial charge on any atom is -0.349 e. The quantitative estimate of drug-likeness (QED) is 0.849. The van der Waals surface area contributed by atoms with E-state index < -0.39 is 0 Å². The Labute approximate surface area is 157 Å². The van der Waals surface area contributed by atoms with Gasteiger partial charge in [0.25, 0.3) is 0 Å². The Balaban J connectivity index is 1.37. The number of hydrogen-bond donors (Lipinski definition) is 2. The lowest BCUT2D eigenvalue weighted by atomic mass is 9.85. The third kappa shape index (κ3) is 3.73. The number of nitrogens with one attached hydrogen (secondary N) is 2. The van der Waals surface area contributed by atoms with Gasteiger partial charge in [0.15, 0.2) is 0 Å². The Hall–Kier alpha value is -1.43. The summed E-state index contributed by atoms with van der Waals surface area (Å²) in [5, 5.41) is 7.42. The van der Waals surface area contributed by atoms with Gasteiger partial charge in [-0.25, -0.2) is 4.98 Å². The van der Waals surface area contributed by atoms with Crippen LogP contribution in [0.5, 0.6) is 0 Å². The van der Waals surface area contributed by atoms with Crippen molar-refractivity contribution in [3.8, 4) is 10.6 Å². The van der Waals surface area contributed by atoms with Gasteiger partial charge in [0.1, 0.15) is 9.34 Å². The SMILES string of the molecule is O=C(NCc1nc(-c2ccccc2)sc1Cl)C1CC2CCCC[C@@H]2N1. The van der Waals surface area contributed by atoms with Crippen LogP contribution < -0.4 is 10.6 Å². The summed E-state index contributed by atoms with van der Waals surface area (Å²) in [5.41, 5.74) is 1.79. The molecule has 2 aromatic rings. The Kier molecular flexibility index (Phi) is 5.06. The number of nitrogens with zero attached hydrogens (tertiary/aromatic N) is 1. The number of benzene rings is 1. The number of rotatable bonds is 4. The fourth-order valence-corrected chi connectivity index (χ4v) is 5.10. The third-order valence-electron chi connectivity index (χ3n) is 5.28. The molecule has 2 heterocycles. The molecule has 2 N–H and O–H groups in total. The van der Waals surface area contributed by atoms with E-state index in [1.807, 2.05) is 30.3 Å². The highest BCUT2D eigenvalue weighted by Crippen LogP contribution is 2.34. The third-order valence-corrected chi connectivity index (χ3v) is 6.66. The minimum absolute atomic E-state index is 0.0692. The first kappa shape index (κ1) is 17.0. The Morgan fingerprint density at radius 3 is 2.88 bits per heavy atom. The minimum atomic E-state index is -0.0703. The summed E-state index contributed by atoms with van der Waals surface area (Å²) in [6.45, 7) is 0.383. The summed E-state index contributed by atoms with van der Waals surface area (Å²) < 4.78 is 0.646. The molecule has 4 nitrogen and oxygen atoms in total. The lowest BCUT2D eigenvalue weighted by Crippen LogP contribution is -2.42. The van der Waals surface area contributed by atoms with Crippen molar-refractivity contribution < 1.29 is 4.79 Å². The first-order chi connectivity index (χ1) is 12.2. The van der Waals surface area contributed by atoms with Crippen molar-refractivity contribution in [2.45, 2.75) is 50.7 Å². The summed E-state index contributed by atoms with van der Waals surface area (Å²) >= 11 is 7.78. The van der Waals surface area contributed by atoms with E-state index in [1.54, 1.807) is 0 Å². The van der Waals surface area contributed by atoms with E-state index in [4.69, 9.17) is 11.6 Å². The molecule has 132 valence electrons. The van der Waals surface area contributed by atoms with Crippen LogP contribution in [0.15, 0.2) is 30.3 Å². The number of hydrogen-bond acceptors (Lipinski definition) is 4. The average molecular weight is 376 g/mol. The van der Waals surface area contributed by atoms with E-state index in [-0.39, 0.29) is 11.9 Å². The Bertz CT molecular complexity index is 734. The van der Waals surface area contributed by atoms with Crippen molar-refractivity contribution in [1.82, 2.24) is 15.6 Å². The molecule has 1 aliphatic heterocycles. The summed E-state index contributed by atoms with van der Waals surface area (Å²) in [7, 11) is 0. The highest BCUT2D eigenvalue weighted by Gasteiger charge is 2.38. The lowest BCUT2D eigenvalue weighted by molar-refractivity contribution is -0.123. The van der Waals surface area contributed by atoms with Crippen LogP contribution in [-0.4, -0.2) is 23.0 Å². The van der Waals surface area contributed by atoms with Gasteiger partial charge < -0.3 is 10.6 Å². The van der Waals surface area contributed by atoms with Crippen LogP contribution >= 0.6 is 22.9 Å². The van der Waals surface area contributed by atoms with Crippen LogP contribution in [0, 0.1) is 5.92 Å². The van der Waals surface area contributed by atoms with E-state index in [0.717, 1.165) is 22.7 Å². The summed E-state index contributed by atoms with van der Waals surface area (Å²) in [6.07, 6.45) is 5.98. The Morgan fingerprint density at radius 2 is 2.08 bits per heavy atom. The van der Waals surface area contributed by atoms with Crippen LogP contribution in [0.2, 0.25) is 4.34 Å². The molecule has 6 heteroatoms. The average Bonchev–Trinajstić information content (AvgIpc) is 3.24. The molecular weight excluding hydrogens is 354 g/mol. The largest absolute Gasteiger partial charge is 0.349 e. The van der Waals surface area contributed by atoms with E-state index in [9.17, 15) is 4.79 Å². The van der Waals surface area contributed by atoms with Crippen molar-refractivity contribution >= 4 is 28.8 Å². The molecule has 1 saturated heterocycles. The molecule has 1 saturated carbocycles. The van der Waals surface area contributed by atoms with Gasteiger partial charge in [-0.15, -0.1) is 11.3 Å². The second-order valence-electron chi connectivity index (χ2n) is 6.93. The van der Waals surface area contributed by atoms with Gasteiger partial charge in [-0.3, -0.25) is 4.79 Å². The monoisotopic (exact) mass is 375 g/mol. The van der Waals surface area contributed by atoms with Crippen LogP contribution in [-0.2, 0) is 11.3 Å². The van der Waals surface area contributed by atoms with Gasteiger partial charge in [0, 0.05) is 11.6 Å². The first-order valence-corrected chi connectivity index (χ1v) is 10.1. The van der Waals surface area contributed by atoms with Crippen molar-refractivity contribution in [3.63, 3.8) is 0 Å². The molecule has 2 fully saturated rings. The van der Waals surface area contributed by atoms with Gasteiger partial charge >= 0.3 is 0 Å². The van der Waals surface area contributed by atoms with Crippen LogP contribution in [0.25, 0.3) is 10.6 Å². The second-order valence-corrected chi connectivity index (χ2v) is 8.53. The molecule has 0 bridgehead atoms. The molecule has 1 aromatic heterocycles. The van der Waals surface area contributed by atoms with Crippen LogP contribution in [0.3, 0.4) is 0 Å². The predicted molar refractivity (Wildman–Crippen MR) is 102 cm³/mol. The highest BCUT2D eigenvalue weighted by molar-refractivity contribution is 7.19. The maximum atomic E-state index is 12.5. The zero-order valence-electron chi connectivity index (χ0n) is 14.0. The molecule has 0 radical (unpaired) electrons. The van der Waals surface area contributed by atoms with Gasteiger partial charge in [-0.2, -0.15) is 0 Å². The molecule has 1 aliphatic carbocycles. The maximum absolute atomic E-state index is 12.5. The van der Waals surface area contributed by atoms with E-state index in [1.165, 1.54) is 37.0 Å². The second kappa shape index (κ2) is 7.44. The number of carbonyl (C=O) groups excluding carboxylic acids is 1. The van der Waals surface area contributed by atoms with Crippen LogP contribution in [0.4, 0.5) is 0 Å². The van der Waals surface area contributed by atoms with Crippen molar-refractivity contribution in [2.75, 3.05) is 0 Å². The van der Waals surface area contributed by atoms with Crippen molar-refractivity contribution in [1.29, 1.82) is 0 Å². The molecule has 25 heavy (non-hydrogen) atoms. The fourth-order valence-electron chi connectivity index (χ4n) is 3.96. The molecule has 0 spiro atoms. The van der Waals surface area contributed by atoms with Crippen molar-refractivity contribution in [2.24, 2.45) is 5.92 Å². The molecule has 1 amide bonds. The number of thiazole rings is 1. The smallest absolute Gasteiger partial charge is 0.237 e. The summed E-state index contributed by atoms with van der Waals surface area (Å²) in [5.74, 6) is 0.733.